The Bertz CT molecular complexity index is 509. The van der Waals surface area contributed by atoms with Crippen LogP contribution in [-0.4, -0.2) is 15.6 Å². The third-order valence-electron chi connectivity index (χ3n) is 3.18. The van der Waals surface area contributed by atoms with Crippen LogP contribution >= 0.6 is 0 Å². The van der Waals surface area contributed by atoms with Gasteiger partial charge in [0.2, 0.25) is 0 Å². The van der Waals surface area contributed by atoms with E-state index in [1.165, 1.54) is 16.9 Å². The molecule has 0 amide bonds. The smallest absolute Gasteiger partial charge is 0.0997 e. The molecule has 0 atom stereocenters. The zero-order valence-corrected chi connectivity index (χ0v) is 11.6. The predicted octanol–water partition coefficient (Wildman–Crippen LogP) is 2.99. The van der Waals surface area contributed by atoms with Crippen molar-refractivity contribution in [1.82, 2.24) is 14.9 Å². The van der Waals surface area contributed by atoms with Gasteiger partial charge in [-0.25, -0.2) is 4.98 Å². The molecule has 0 saturated carbocycles. The minimum absolute atomic E-state index is 0.517. The molecular formula is C15H21N3. The quantitative estimate of drug-likeness (QED) is 0.894. The summed E-state index contributed by atoms with van der Waals surface area (Å²) in [7, 11) is 0. The van der Waals surface area contributed by atoms with Gasteiger partial charge in [-0.05, 0) is 31.5 Å². The van der Waals surface area contributed by atoms with E-state index < -0.39 is 0 Å². The Kier molecular flexibility index (Phi) is 3.82. The minimum atomic E-state index is 0.517. The van der Waals surface area contributed by atoms with Gasteiger partial charge in [-0.1, -0.05) is 26.0 Å². The summed E-state index contributed by atoms with van der Waals surface area (Å²) in [5, 5.41) is 3.42. The highest BCUT2D eigenvalue weighted by Crippen LogP contribution is 2.14. The van der Waals surface area contributed by atoms with E-state index in [-0.39, 0.29) is 0 Å². The Balaban J connectivity index is 2.15. The number of hydrogen-bond donors (Lipinski definition) is 1. The van der Waals surface area contributed by atoms with E-state index >= 15 is 0 Å². The molecule has 1 aromatic carbocycles. The number of aromatic nitrogens is 2. The molecule has 0 saturated heterocycles. The van der Waals surface area contributed by atoms with Crippen LogP contribution in [0.2, 0.25) is 0 Å². The Morgan fingerprint density at radius 1 is 1.17 bits per heavy atom. The molecule has 3 nitrogen and oxygen atoms in total. The van der Waals surface area contributed by atoms with Crippen molar-refractivity contribution >= 4 is 0 Å². The highest BCUT2D eigenvalue weighted by Gasteiger charge is 2.04. The molecule has 1 N–H and O–H groups in total. The molecule has 3 heteroatoms. The molecule has 0 fully saturated rings. The van der Waals surface area contributed by atoms with Crippen LogP contribution in [0.1, 0.15) is 30.8 Å². The molecule has 0 bridgehead atoms. The third-order valence-corrected chi connectivity index (χ3v) is 3.18. The lowest BCUT2D eigenvalue weighted by Crippen LogP contribution is -2.21. The average molecular weight is 243 g/mol. The summed E-state index contributed by atoms with van der Waals surface area (Å²) in [5.74, 6) is 0. The summed E-state index contributed by atoms with van der Waals surface area (Å²) in [6.07, 6.45) is 1.88. The van der Waals surface area contributed by atoms with Crippen LogP contribution in [0, 0.1) is 13.8 Å². The average Bonchev–Trinajstić information content (AvgIpc) is 2.68. The molecule has 0 radical (unpaired) electrons. The van der Waals surface area contributed by atoms with Crippen molar-refractivity contribution in [2.24, 2.45) is 0 Å². The van der Waals surface area contributed by atoms with Gasteiger partial charge in [0.25, 0.3) is 0 Å². The van der Waals surface area contributed by atoms with Gasteiger partial charge < -0.3 is 9.88 Å². The van der Waals surface area contributed by atoms with Crippen LogP contribution < -0.4 is 5.32 Å². The zero-order valence-electron chi connectivity index (χ0n) is 11.6. The molecule has 0 aliphatic carbocycles. The fraction of sp³-hybridized carbons (Fsp3) is 0.400. The highest BCUT2D eigenvalue weighted by molar-refractivity contribution is 5.37. The maximum Gasteiger partial charge on any atom is 0.0997 e. The lowest BCUT2D eigenvalue weighted by Gasteiger charge is -2.10. The molecule has 0 aliphatic rings. The summed E-state index contributed by atoms with van der Waals surface area (Å²) in [5.41, 5.74) is 4.76. The van der Waals surface area contributed by atoms with E-state index in [2.05, 4.69) is 59.9 Å². The number of imidazole rings is 1. The van der Waals surface area contributed by atoms with Crippen molar-refractivity contribution in [1.29, 1.82) is 0 Å². The molecule has 1 heterocycles. The Morgan fingerprint density at radius 2 is 1.83 bits per heavy atom. The van der Waals surface area contributed by atoms with Crippen molar-refractivity contribution in [3.8, 4) is 5.69 Å². The second-order valence-electron chi connectivity index (χ2n) is 4.99. The Hall–Kier alpha value is -1.61. The van der Waals surface area contributed by atoms with Crippen molar-refractivity contribution < 1.29 is 0 Å². The second-order valence-corrected chi connectivity index (χ2v) is 4.99. The predicted molar refractivity (Wildman–Crippen MR) is 75.0 cm³/mol. The van der Waals surface area contributed by atoms with Crippen LogP contribution in [0.25, 0.3) is 5.69 Å². The van der Waals surface area contributed by atoms with Crippen LogP contribution in [-0.2, 0) is 6.54 Å². The normalized spacial score (nSPS) is 11.2. The van der Waals surface area contributed by atoms with Gasteiger partial charge in [-0.2, -0.15) is 0 Å². The number of nitrogens with zero attached hydrogens (tertiary/aromatic N) is 2. The van der Waals surface area contributed by atoms with Crippen LogP contribution in [0.4, 0.5) is 0 Å². The van der Waals surface area contributed by atoms with E-state index in [4.69, 9.17) is 0 Å². The first kappa shape index (κ1) is 12.8. The van der Waals surface area contributed by atoms with Gasteiger partial charge in [-0.3, -0.25) is 0 Å². The van der Waals surface area contributed by atoms with Gasteiger partial charge in [0.05, 0.1) is 12.0 Å². The van der Waals surface area contributed by atoms with Crippen molar-refractivity contribution in [2.75, 3.05) is 0 Å². The van der Waals surface area contributed by atoms with Gasteiger partial charge in [-0.15, -0.1) is 0 Å². The summed E-state index contributed by atoms with van der Waals surface area (Å²) in [4.78, 5) is 4.33. The van der Waals surface area contributed by atoms with Gasteiger partial charge in [0, 0.05) is 24.0 Å². The van der Waals surface area contributed by atoms with E-state index in [1.54, 1.807) is 0 Å². The SMILES string of the molecule is Cc1ncn(-c2ccc(CNC(C)C)cc2)c1C. The van der Waals surface area contributed by atoms with Gasteiger partial charge >= 0.3 is 0 Å². The molecule has 0 unspecified atom stereocenters. The summed E-state index contributed by atoms with van der Waals surface area (Å²) >= 11 is 0. The summed E-state index contributed by atoms with van der Waals surface area (Å²) < 4.78 is 2.12. The number of rotatable bonds is 4. The summed E-state index contributed by atoms with van der Waals surface area (Å²) in [6.45, 7) is 9.36. The standard InChI is InChI=1S/C15H21N3/c1-11(2)16-9-14-5-7-15(8-6-14)18-10-17-12(3)13(18)4/h5-8,10-11,16H,9H2,1-4H3. The van der Waals surface area contributed by atoms with E-state index in [0.717, 1.165) is 12.2 Å². The maximum absolute atomic E-state index is 4.33. The summed E-state index contributed by atoms with van der Waals surface area (Å²) in [6, 6.07) is 9.14. The molecule has 18 heavy (non-hydrogen) atoms. The monoisotopic (exact) mass is 243 g/mol. The highest BCUT2D eigenvalue weighted by atomic mass is 15.1. The molecule has 1 aromatic heterocycles. The van der Waals surface area contributed by atoms with E-state index in [0.29, 0.717) is 6.04 Å². The van der Waals surface area contributed by atoms with E-state index in [9.17, 15) is 0 Å². The number of nitrogens with one attached hydrogen (secondary N) is 1. The van der Waals surface area contributed by atoms with Crippen LogP contribution in [0.3, 0.4) is 0 Å². The number of benzene rings is 1. The second kappa shape index (κ2) is 5.36. The van der Waals surface area contributed by atoms with Gasteiger partial charge in [0.15, 0.2) is 0 Å². The number of hydrogen-bond acceptors (Lipinski definition) is 2. The van der Waals surface area contributed by atoms with Crippen LogP contribution in [0.15, 0.2) is 30.6 Å². The Labute approximate surface area is 109 Å². The lowest BCUT2D eigenvalue weighted by atomic mass is 10.2. The molecule has 2 aromatic rings. The number of aryl methyl sites for hydroxylation is 1. The fourth-order valence-corrected chi connectivity index (χ4v) is 1.86. The molecule has 0 spiro atoms. The molecular weight excluding hydrogens is 222 g/mol. The van der Waals surface area contributed by atoms with Crippen molar-refractivity contribution in [3.63, 3.8) is 0 Å². The lowest BCUT2D eigenvalue weighted by molar-refractivity contribution is 0.589. The fourth-order valence-electron chi connectivity index (χ4n) is 1.86. The minimum Gasteiger partial charge on any atom is -0.310 e. The topological polar surface area (TPSA) is 29.9 Å². The Morgan fingerprint density at radius 3 is 2.33 bits per heavy atom. The van der Waals surface area contributed by atoms with Crippen molar-refractivity contribution in [2.45, 2.75) is 40.3 Å². The van der Waals surface area contributed by atoms with Gasteiger partial charge in [0.1, 0.15) is 0 Å². The first-order valence-electron chi connectivity index (χ1n) is 6.41. The molecule has 2 rings (SSSR count). The zero-order chi connectivity index (χ0) is 13.1. The largest absolute Gasteiger partial charge is 0.310 e. The third kappa shape index (κ3) is 2.79. The maximum atomic E-state index is 4.33. The van der Waals surface area contributed by atoms with E-state index in [1.807, 2.05) is 13.3 Å². The molecule has 96 valence electrons. The van der Waals surface area contributed by atoms with Crippen LogP contribution in [0.5, 0.6) is 0 Å². The first-order valence-corrected chi connectivity index (χ1v) is 6.41. The van der Waals surface area contributed by atoms with Crippen molar-refractivity contribution in [3.05, 3.63) is 47.5 Å². The molecule has 0 aliphatic heterocycles. The first-order chi connectivity index (χ1) is 8.58.